The normalized spacial score (nSPS) is 12.4. The Balaban J connectivity index is 1.62. The summed E-state index contributed by atoms with van der Waals surface area (Å²) >= 11 is 0. The van der Waals surface area contributed by atoms with Gasteiger partial charge in [-0.25, -0.2) is 4.98 Å². The van der Waals surface area contributed by atoms with Gasteiger partial charge in [0, 0.05) is 13.1 Å². The molecule has 0 unspecified atom stereocenters. The number of aryl methyl sites for hydroxylation is 1. The Morgan fingerprint density at radius 3 is 2.50 bits per heavy atom. The van der Waals surface area contributed by atoms with Crippen molar-refractivity contribution in [2.45, 2.75) is 52.7 Å². The fourth-order valence-electron chi connectivity index (χ4n) is 2.69. The number of nitrogens with one attached hydrogen (secondary N) is 2. The molecule has 0 radical (unpaired) electrons. The third-order valence-electron chi connectivity index (χ3n) is 4.45. The predicted molar refractivity (Wildman–Crippen MR) is 109 cm³/mol. The van der Waals surface area contributed by atoms with Crippen LogP contribution in [0.3, 0.4) is 0 Å². The molecule has 2 N–H and O–H groups in total. The van der Waals surface area contributed by atoms with Crippen LogP contribution in [-0.2, 0) is 12.0 Å². The van der Waals surface area contributed by atoms with E-state index in [1.165, 1.54) is 11.8 Å². The second-order valence-electron chi connectivity index (χ2n) is 7.99. The van der Waals surface area contributed by atoms with Crippen molar-refractivity contribution in [3.63, 3.8) is 0 Å². The summed E-state index contributed by atoms with van der Waals surface area (Å²) < 4.78 is 11.0. The fraction of sp³-hybridized carbons (Fsp3) is 0.381. The molecule has 0 spiro atoms. The number of benzene rings is 1. The monoisotopic (exact) mass is 411 g/mol. The van der Waals surface area contributed by atoms with E-state index in [1.54, 1.807) is 13.8 Å². The van der Waals surface area contributed by atoms with Gasteiger partial charge in [-0.15, -0.1) is 10.2 Å². The topological polar surface area (TPSA) is 123 Å². The van der Waals surface area contributed by atoms with Crippen LogP contribution in [0.1, 0.15) is 67.3 Å². The van der Waals surface area contributed by atoms with Crippen LogP contribution in [0, 0.1) is 6.92 Å². The Labute approximate surface area is 173 Å². The van der Waals surface area contributed by atoms with Crippen molar-refractivity contribution in [2.75, 3.05) is 0 Å². The van der Waals surface area contributed by atoms with E-state index in [-0.39, 0.29) is 23.5 Å². The zero-order chi connectivity index (χ0) is 21.9. The van der Waals surface area contributed by atoms with Gasteiger partial charge in [-0.3, -0.25) is 9.59 Å². The molecular weight excluding hydrogens is 386 g/mol. The maximum Gasteiger partial charge on any atom is 0.263 e. The van der Waals surface area contributed by atoms with Crippen molar-refractivity contribution in [1.29, 1.82) is 0 Å². The van der Waals surface area contributed by atoms with Gasteiger partial charge in [-0.05, 0) is 30.0 Å². The molecule has 0 saturated carbocycles. The van der Waals surface area contributed by atoms with Crippen molar-refractivity contribution < 1.29 is 13.9 Å². The molecule has 3 rings (SSSR count). The number of ether oxygens (including phenoxy) is 1. The molecule has 1 amide bonds. The van der Waals surface area contributed by atoms with Crippen molar-refractivity contribution in [3.05, 3.63) is 69.5 Å². The number of nitrogens with zero attached hydrogens (tertiary/aromatic N) is 3. The van der Waals surface area contributed by atoms with Crippen molar-refractivity contribution in [3.8, 4) is 5.75 Å². The molecule has 158 valence electrons. The minimum Gasteiger partial charge on any atom is -0.486 e. The SMILES string of the molecule is Cc1nnc([C@H](C)NC(=O)c2cnc(COc3ccc(C(C)(C)C)cc3)[nH]c2=O)o1. The molecule has 9 nitrogen and oxygen atoms in total. The summed E-state index contributed by atoms with van der Waals surface area (Å²) in [6.07, 6.45) is 1.22. The minimum absolute atomic E-state index is 0.0571. The number of hydrogen-bond donors (Lipinski definition) is 2. The van der Waals surface area contributed by atoms with Gasteiger partial charge in [-0.1, -0.05) is 32.9 Å². The van der Waals surface area contributed by atoms with Gasteiger partial charge < -0.3 is 19.5 Å². The smallest absolute Gasteiger partial charge is 0.263 e. The summed E-state index contributed by atoms with van der Waals surface area (Å²) in [6, 6.07) is 7.22. The fourth-order valence-corrected chi connectivity index (χ4v) is 2.69. The second kappa shape index (κ2) is 8.48. The first-order chi connectivity index (χ1) is 14.1. The molecule has 1 atom stereocenters. The molecule has 2 aromatic heterocycles. The van der Waals surface area contributed by atoms with Gasteiger partial charge in [0.25, 0.3) is 11.5 Å². The Bertz CT molecular complexity index is 1080. The van der Waals surface area contributed by atoms with Gasteiger partial charge in [0.05, 0.1) is 0 Å². The number of hydrogen-bond acceptors (Lipinski definition) is 7. The van der Waals surface area contributed by atoms with E-state index >= 15 is 0 Å². The Hall–Kier alpha value is -3.49. The van der Waals surface area contributed by atoms with Gasteiger partial charge in [0.2, 0.25) is 11.8 Å². The van der Waals surface area contributed by atoms with Crippen LogP contribution in [0.25, 0.3) is 0 Å². The number of amides is 1. The molecule has 0 saturated heterocycles. The number of aromatic amines is 1. The standard InChI is InChI=1S/C21H25N5O4/c1-12(20-26-25-13(2)30-20)23-18(27)16-10-22-17(24-19(16)28)11-29-15-8-6-14(7-9-15)21(3,4)5/h6-10,12H,11H2,1-5H3,(H,23,27)(H,22,24,28)/t12-/m0/s1. The van der Waals surface area contributed by atoms with Crippen LogP contribution >= 0.6 is 0 Å². The zero-order valence-corrected chi connectivity index (χ0v) is 17.6. The molecule has 0 fully saturated rings. The van der Waals surface area contributed by atoms with Crippen LogP contribution in [0.5, 0.6) is 5.75 Å². The van der Waals surface area contributed by atoms with Crippen LogP contribution in [-0.4, -0.2) is 26.1 Å². The molecule has 0 aliphatic heterocycles. The molecule has 0 bridgehead atoms. The summed E-state index contributed by atoms with van der Waals surface area (Å²) in [4.78, 5) is 31.4. The molecule has 2 heterocycles. The lowest BCUT2D eigenvalue weighted by molar-refractivity contribution is 0.0931. The number of H-pyrrole nitrogens is 1. The first kappa shape index (κ1) is 21.2. The number of aromatic nitrogens is 4. The largest absolute Gasteiger partial charge is 0.486 e. The molecule has 30 heavy (non-hydrogen) atoms. The second-order valence-corrected chi connectivity index (χ2v) is 7.99. The number of carbonyl (C=O) groups excluding carboxylic acids is 1. The van der Waals surface area contributed by atoms with Crippen LogP contribution < -0.4 is 15.6 Å². The highest BCUT2D eigenvalue weighted by Crippen LogP contribution is 2.24. The molecule has 9 heteroatoms. The van der Waals surface area contributed by atoms with Gasteiger partial charge in [0.15, 0.2) is 0 Å². The molecule has 0 aliphatic rings. The van der Waals surface area contributed by atoms with E-state index in [0.717, 1.165) is 0 Å². The average molecular weight is 411 g/mol. The number of carbonyl (C=O) groups is 1. The summed E-state index contributed by atoms with van der Waals surface area (Å²) in [5.74, 6) is 1.04. The van der Waals surface area contributed by atoms with E-state index < -0.39 is 17.5 Å². The highest BCUT2D eigenvalue weighted by Gasteiger charge is 2.19. The Morgan fingerprint density at radius 1 is 1.23 bits per heavy atom. The summed E-state index contributed by atoms with van der Waals surface area (Å²) in [5, 5.41) is 10.2. The van der Waals surface area contributed by atoms with E-state index in [0.29, 0.717) is 17.5 Å². The van der Waals surface area contributed by atoms with Crippen LogP contribution in [0.2, 0.25) is 0 Å². The maximum absolute atomic E-state index is 12.4. The van der Waals surface area contributed by atoms with E-state index in [4.69, 9.17) is 9.15 Å². The lowest BCUT2D eigenvalue weighted by Gasteiger charge is -2.19. The quantitative estimate of drug-likeness (QED) is 0.639. The summed E-state index contributed by atoms with van der Waals surface area (Å²) in [7, 11) is 0. The van der Waals surface area contributed by atoms with Gasteiger partial charge in [0.1, 0.15) is 29.8 Å². The van der Waals surface area contributed by atoms with E-state index in [1.807, 2.05) is 24.3 Å². The van der Waals surface area contributed by atoms with E-state index in [9.17, 15) is 9.59 Å². The zero-order valence-electron chi connectivity index (χ0n) is 17.6. The highest BCUT2D eigenvalue weighted by atomic mass is 16.5. The minimum atomic E-state index is -0.586. The summed E-state index contributed by atoms with van der Waals surface area (Å²) in [5.41, 5.74) is 0.581. The van der Waals surface area contributed by atoms with Crippen LogP contribution in [0.15, 0.2) is 39.7 Å². The van der Waals surface area contributed by atoms with Crippen LogP contribution in [0.4, 0.5) is 0 Å². The summed E-state index contributed by atoms with van der Waals surface area (Å²) in [6.45, 7) is 9.82. The first-order valence-electron chi connectivity index (χ1n) is 9.56. The van der Waals surface area contributed by atoms with Crippen molar-refractivity contribution in [2.24, 2.45) is 0 Å². The Kier molecular flexibility index (Phi) is 6.00. The molecule has 3 aromatic rings. The highest BCUT2D eigenvalue weighted by molar-refractivity contribution is 5.93. The lowest BCUT2D eigenvalue weighted by Crippen LogP contribution is -2.32. The van der Waals surface area contributed by atoms with E-state index in [2.05, 4.69) is 46.3 Å². The first-order valence-corrected chi connectivity index (χ1v) is 9.56. The van der Waals surface area contributed by atoms with Crippen molar-refractivity contribution in [1.82, 2.24) is 25.5 Å². The molecule has 0 aliphatic carbocycles. The maximum atomic E-state index is 12.4. The average Bonchev–Trinajstić information content (AvgIpc) is 3.12. The lowest BCUT2D eigenvalue weighted by atomic mass is 9.87. The third kappa shape index (κ3) is 5.11. The molecule has 1 aromatic carbocycles. The van der Waals surface area contributed by atoms with Gasteiger partial charge in [-0.2, -0.15) is 0 Å². The van der Waals surface area contributed by atoms with Crippen molar-refractivity contribution >= 4 is 5.91 Å². The predicted octanol–water partition coefficient (Wildman–Crippen LogP) is 2.83. The Morgan fingerprint density at radius 2 is 1.93 bits per heavy atom. The third-order valence-corrected chi connectivity index (χ3v) is 4.45. The number of rotatable bonds is 6. The molecular formula is C21H25N5O4. The van der Waals surface area contributed by atoms with Gasteiger partial charge >= 0.3 is 0 Å².